The van der Waals surface area contributed by atoms with Crippen LogP contribution in [-0.4, -0.2) is 65.3 Å². The van der Waals surface area contributed by atoms with Gasteiger partial charge in [-0.15, -0.1) is 0 Å². The van der Waals surface area contributed by atoms with E-state index in [4.69, 9.17) is 14.0 Å². The van der Waals surface area contributed by atoms with Crippen LogP contribution in [0, 0.1) is 23.7 Å². The fourth-order valence-electron chi connectivity index (χ4n) is 6.55. The van der Waals surface area contributed by atoms with Gasteiger partial charge in [0.15, 0.2) is 6.10 Å². The van der Waals surface area contributed by atoms with Crippen molar-refractivity contribution in [3.8, 4) is 0 Å². The van der Waals surface area contributed by atoms with Gasteiger partial charge in [0.25, 0.3) is 0 Å². The van der Waals surface area contributed by atoms with Gasteiger partial charge in [-0.1, -0.05) is 36.4 Å². The molecule has 5 rings (SSSR count). The standard InChI is InChI=1S/C26H27F2NO8S/c1-12(2)29-21-17-11-18(22(21)37-24(31)16-10-6-8-14-7-4-5-9-15(14)16)20(19(17)23(29)30)25(32)36-13(3)26(27,28)38(33,34)35/h4-10,12-13,17-22H,11H2,1-3H3,(H,33,34,35). The lowest BCUT2D eigenvalue weighted by Crippen LogP contribution is -2.49. The first-order valence-corrected chi connectivity index (χ1v) is 13.8. The maximum absolute atomic E-state index is 14.1. The summed E-state index contributed by atoms with van der Waals surface area (Å²) in [4.78, 5) is 41.5. The molecule has 1 N–H and O–H groups in total. The minimum absolute atomic E-state index is 0.282. The molecular weight excluding hydrogens is 524 g/mol. The Morgan fingerprint density at radius 1 is 1.08 bits per heavy atom. The largest absolute Gasteiger partial charge is 0.456 e. The van der Waals surface area contributed by atoms with Crippen LogP contribution in [0.5, 0.6) is 0 Å². The van der Waals surface area contributed by atoms with Crippen molar-refractivity contribution in [3.63, 3.8) is 0 Å². The second kappa shape index (κ2) is 8.98. The highest BCUT2D eigenvalue weighted by molar-refractivity contribution is 7.86. The fourth-order valence-corrected chi connectivity index (χ4v) is 7.01. The van der Waals surface area contributed by atoms with E-state index in [0.29, 0.717) is 24.3 Å². The Balaban J connectivity index is 1.46. The third-order valence-corrected chi connectivity index (χ3v) is 9.12. The molecule has 2 aliphatic carbocycles. The first kappa shape index (κ1) is 26.5. The van der Waals surface area contributed by atoms with Crippen LogP contribution in [0.4, 0.5) is 8.78 Å². The van der Waals surface area contributed by atoms with E-state index in [0.717, 1.165) is 5.39 Å². The van der Waals surface area contributed by atoms with E-state index in [9.17, 15) is 31.6 Å². The second-order valence-corrected chi connectivity index (χ2v) is 12.0. The molecule has 2 aromatic rings. The highest BCUT2D eigenvalue weighted by Gasteiger charge is 2.71. The summed E-state index contributed by atoms with van der Waals surface area (Å²) >= 11 is 0. The summed E-state index contributed by atoms with van der Waals surface area (Å²) < 4.78 is 70.1. The first-order chi connectivity index (χ1) is 17.8. The Morgan fingerprint density at radius 2 is 1.74 bits per heavy atom. The van der Waals surface area contributed by atoms with Crippen LogP contribution in [0.1, 0.15) is 37.6 Å². The summed E-state index contributed by atoms with van der Waals surface area (Å²) in [5.41, 5.74) is 0.309. The lowest BCUT2D eigenvalue weighted by atomic mass is 9.78. The van der Waals surface area contributed by atoms with Crippen molar-refractivity contribution in [2.45, 2.75) is 56.7 Å². The average molecular weight is 552 g/mol. The van der Waals surface area contributed by atoms with Crippen LogP contribution in [0.15, 0.2) is 42.5 Å². The Labute approximate surface area is 217 Å². The molecule has 2 aromatic carbocycles. The number of likely N-dealkylation sites (tertiary alicyclic amines) is 1. The molecule has 204 valence electrons. The van der Waals surface area contributed by atoms with Gasteiger partial charge in [-0.3, -0.25) is 14.1 Å². The SMILES string of the molecule is CC(C)N1C(=O)C2C3CC(C(OC(=O)c4cccc5ccccc45)C31)C2C(=O)OC(C)C(F)(F)S(=O)(=O)O. The number of hydrogen-bond acceptors (Lipinski definition) is 7. The van der Waals surface area contributed by atoms with Crippen LogP contribution in [0.25, 0.3) is 10.8 Å². The molecule has 1 saturated heterocycles. The predicted molar refractivity (Wildman–Crippen MR) is 130 cm³/mol. The Hall–Kier alpha value is -3.12. The smallest absolute Gasteiger partial charge is 0.405 e. The Morgan fingerprint density at radius 3 is 2.39 bits per heavy atom. The second-order valence-electron chi connectivity index (χ2n) is 10.5. The number of rotatable bonds is 7. The number of fused-ring (bicyclic) bond motifs is 2. The number of amides is 1. The normalized spacial score (nSPS) is 29.2. The minimum atomic E-state index is -5.85. The molecule has 0 aromatic heterocycles. The summed E-state index contributed by atoms with van der Waals surface area (Å²) in [6.45, 7) is 4.24. The zero-order valence-corrected chi connectivity index (χ0v) is 21.6. The van der Waals surface area contributed by atoms with Gasteiger partial charge in [0.1, 0.15) is 6.10 Å². The average Bonchev–Trinajstić information content (AvgIpc) is 3.45. The highest BCUT2D eigenvalue weighted by atomic mass is 32.2. The van der Waals surface area contributed by atoms with E-state index in [2.05, 4.69) is 0 Å². The Kier molecular flexibility index (Phi) is 6.26. The number of carbonyl (C=O) groups excluding carboxylic acids is 3. The molecule has 7 unspecified atom stereocenters. The maximum Gasteiger partial charge on any atom is 0.405 e. The van der Waals surface area contributed by atoms with Gasteiger partial charge in [-0.05, 0) is 49.9 Å². The molecule has 12 heteroatoms. The number of carbonyl (C=O) groups is 3. The number of nitrogens with zero attached hydrogens (tertiary/aromatic N) is 1. The monoisotopic (exact) mass is 551 g/mol. The topological polar surface area (TPSA) is 127 Å². The van der Waals surface area contributed by atoms with Gasteiger partial charge >= 0.3 is 27.3 Å². The van der Waals surface area contributed by atoms with Gasteiger partial charge in [-0.25, -0.2) is 4.79 Å². The van der Waals surface area contributed by atoms with Crippen molar-refractivity contribution in [1.82, 2.24) is 4.90 Å². The first-order valence-electron chi connectivity index (χ1n) is 12.3. The number of alkyl halides is 2. The highest BCUT2D eigenvalue weighted by Crippen LogP contribution is 2.60. The van der Waals surface area contributed by atoms with Crippen molar-refractivity contribution in [2.75, 3.05) is 0 Å². The predicted octanol–water partition coefficient (Wildman–Crippen LogP) is 3.28. The zero-order chi connectivity index (χ0) is 27.7. The number of ether oxygens (including phenoxy) is 2. The summed E-state index contributed by atoms with van der Waals surface area (Å²) in [5, 5.41) is -3.25. The minimum Gasteiger partial charge on any atom is -0.456 e. The molecule has 7 atom stereocenters. The molecule has 38 heavy (non-hydrogen) atoms. The van der Waals surface area contributed by atoms with Crippen LogP contribution >= 0.6 is 0 Å². The van der Waals surface area contributed by atoms with Crippen LogP contribution in [-0.2, 0) is 29.2 Å². The van der Waals surface area contributed by atoms with Gasteiger partial charge in [0, 0.05) is 12.0 Å². The summed E-state index contributed by atoms with van der Waals surface area (Å²) in [5.74, 6) is -5.33. The van der Waals surface area contributed by atoms with E-state index in [-0.39, 0.29) is 17.9 Å². The van der Waals surface area contributed by atoms with Crippen LogP contribution in [0.2, 0.25) is 0 Å². The van der Waals surface area contributed by atoms with Gasteiger partial charge in [0.2, 0.25) is 5.91 Å². The molecule has 1 heterocycles. The molecule has 1 aliphatic heterocycles. The fraction of sp³-hybridized carbons (Fsp3) is 0.500. The van der Waals surface area contributed by atoms with Crippen LogP contribution in [0.3, 0.4) is 0 Å². The van der Waals surface area contributed by atoms with Crippen molar-refractivity contribution >= 4 is 38.7 Å². The van der Waals surface area contributed by atoms with Crippen LogP contribution < -0.4 is 0 Å². The molecule has 0 spiro atoms. The van der Waals surface area contributed by atoms with E-state index in [1.54, 1.807) is 43.0 Å². The number of esters is 2. The van der Waals surface area contributed by atoms with E-state index >= 15 is 0 Å². The third kappa shape index (κ3) is 3.87. The maximum atomic E-state index is 14.1. The van der Waals surface area contributed by atoms with Crippen molar-refractivity contribution in [3.05, 3.63) is 48.0 Å². The number of halogens is 2. The van der Waals surface area contributed by atoms with Crippen molar-refractivity contribution in [1.29, 1.82) is 0 Å². The van der Waals surface area contributed by atoms with E-state index in [1.807, 2.05) is 18.2 Å². The summed E-state index contributed by atoms with van der Waals surface area (Å²) in [6, 6.07) is 11.7. The van der Waals surface area contributed by atoms with Gasteiger partial charge in [-0.2, -0.15) is 17.2 Å². The third-order valence-electron chi connectivity index (χ3n) is 8.10. The molecular formula is C26H27F2NO8S. The molecule has 2 saturated carbocycles. The van der Waals surface area contributed by atoms with E-state index < -0.39 is 63.3 Å². The zero-order valence-electron chi connectivity index (χ0n) is 20.8. The molecule has 1 amide bonds. The summed E-state index contributed by atoms with van der Waals surface area (Å²) in [6.07, 6.45) is -3.07. The molecule has 2 bridgehead atoms. The van der Waals surface area contributed by atoms with Gasteiger partial charge < -0.3 is 14.4 Å². The molecule has 3 aliphatic rings. The number of benzene rings is 2. The Bertz CT molecular complexity index is 1420. The lowest BCUT2D eigenvalue weighted by molar-refractivity contribution is -0.170. The quantitative estimate of drug-likeness (QED) is 0.410. The van der Waals surface area contributed by atoms with E-state index in [1.165, 1.54) is 0 Å². The molecule has 9 nitrogen and oxygen atoms in total. The molecule has 0 radical (unpaired) electrons. The van der Waals surface area contributed by atoms with Crippen molar-refractivity contribution < 1.29 is 45.6 Å². The lowest BCUT2D eigenvalue weighted by Gasteiger charge is -2.35. The summed E-state index contributed by atoms with van der Waals surface area (Å²) in [7, 11) is -5.85. The van der Waals surface area contributed by atoms with Gasteiger partial charge in [0.05, 0.1) is 23.4 Å². The molecule has 3 fully saturated rings. The number of hydrogen-bond donors (Lipinski definition) is 1. The van der Waals surface area contributed by atoms with Crippen molar-refractivity contribution in [2.24, 2.45) is 23.7 Å².